The van der Waals surface area contributed by atoms with Gasteiger partial charge in [0.25, 0.3) is 17.7 Å². The van der Waals surface area contributed by atoms with Gasteiger partial charge in [0.15, 0.2) is 0 Å². The van der Waals surface area contributed by atoms with E-state index in [2.05, 4.69) is 112 Å². The third-order valence-corrected chi connectivity index (χ3v) is 24.3. The van der Waals surface area contributed by atoms with Gasteiger partial charge in [-0.15, -0.1) is 0 Å². The van der Waals surface area contributed by atoms with Gasteiger partial charge in [-0.2, -0.15) is 0 Å². The number of aryl methyl sites for hydroxylation is 1. The maximum absolute atomic E-state index is 13.8. The van der Waals surface area contributed by atoms with Crippen molar-refractivity contribution < 1.29 is 57.4 Å². The standard InChI is InChI=1S/C85H97N9O12/c1-53(59-31-37-90(38-32-59)44-55-13-15-56(16-14-55)50-104-73-10-4-7-64-67(73)47-92(82(64)101)70-23-26-76(95)86-79(70)98)41-63-43-58(19-22-62(63)52-106-75-12-6-9-66-69(75)49-94(84(66)103)72-25-28-78(97)88-81(72)100)45-89-35-29-54(30-36-89)17-20-60-42-57(46-91-39-33-85(2,3)34-40-91)18-21-61(60)51-105-74-11-5-8-65-68(74)48-93(83(65)102)71-24-27-77(96)87-80(71)99/h4-16,18-19,21-22,42-43,53-54,59,70-72H,17,20,23-41,44-52H2,1-3H3,(H,86,95,98)(H,87,96,99)(H,88,97,100). The second kappa shape index (κ2) is 31.1. The Balaban J connectivity index is 0.582. The summed E-state index contributed by atoms with van der Waals surface area (Å²) >= 11 is 0. The van der Waals surface area contributed by atoms with Gasteiger partial charge in [0.1, 0.15) is 55.2 Å². The Kier molecular flexibility index (Phi) is 21.1. The molecule has 9 heterocycles. The van der Waals surface area contributed by atoms with Crippen LogP contribution in [0.15, 0.2) is 115 Å². The molecule has 0 radical (unpaired) electrons. The van der Waals surface area contributed by atoms with E-state index in [9.17, 15) is 43.2 Å². The number of ether oxygens (including phenoxy) is 3. The molecule has 6 aromatic rings. The number of hydrogen-bond donors (Lipinski definition) is 3. The second-order valence-corrected chi connectivity index (χ2v) is 31.9. The summed E-state index contributed by atoms with van der Waals surface area (Å²) in [6.07, 6.45) is 11.1. The van der Waals surface area contributed by atoms with Gasteiger partial charge in [0.2, 0.25) is 35.4 Å². The van der Waals surface area contributed by atoms with Crippen LogP contribution >= 0.6 is 0 Å². The molecule has 0 aliphatic carbocycles. The molecule has 554 valence electrons. The molecule has 0 saturated carbocycles. The molecule has 21 heteroatoms. The van der Waals surface area contributed by atoms with Crippen LogP contribution in [-0.4, -0.2) is 140 Å². The van der Waals surface area contributed by atoms with E-state index in [1.165, 1.54) is 40.7 Å². The predicted octanol–water partition coefficient (Wildman–Crippen LogP) is 10.3. The Hall–Kier alpha value is -9.57. The van der Waals surface area contributed by atoms with Gasteiger partial charge in [-0.3, -0.25) is 73.8 Å². The Morgan fingerprint density at radius 2 is 0.811 bits per heavy atom. The first-order valence-corrected chi connectivity index (χ1v) is 38.4. The summed E-state index contributed by atoms with van der Waals surface area (Å²) in [5, 5.41) is 7.21. The third kappa shape index (κ3) is 15.9. The molecule has 3 N–H and O–H groups in total. The normalized spacial score (nSPS) is 22.1. The van der Waals surface area contributed by atoms with E-state index in [0.29, 0.717) is 89.8 Å². The number of likely N-dealkylation sites (tertiary alicyclic amines) is 3. The molecule has 9 amide bonds. The van der Waals surface area contributed by atoms with Gasteiger partial charge in [-0.25, -0.2) is 0 Å². The third-order valence-electron chi connectivity index (χ3n) is 24.3. The summed E-state index contributed by atoms with van der Waals surface area (Å²) in [6, 6.07) is 36.8. The first-order valence-electron chi connectivity index (χ1n) is 38.4. The van der Waals surface area contributed by atoms with E-state index in [1.54, 1.807) is 39.0 Å². The zero-order chi connectivity index (χ0) is 73.3. The molecule has 0 aromatic heterocycles. The van der Waals surface area contributed by atoms with Gasteiger partial charge in [0.05, 0.1) is 19.6 Å². The summed E-state index contributed by atoms with van der Waals surface area (Å²) in [4.78, 5) is 128. The highest BCUT2D eigenvalue weighted by atomic mass is 16.5. The highest BCUT2D eigenvalue weighted by molar-refractivity contribution is 6.08. The quantitative estimate of drug-likeness (QED) is 0.0478. The van der Waals surface area contributed by atoms with Crippen molar-refractivity contribution in [2.75, 3.05) is 39.3 Å². The van der Waals surface area contributed by atoms with Gasteiger partial charge in [-0.05, 0) is 220 Å². The maximum atomic E-state index is 13.8. The number of fused-ring (bicyclic) bond motifs is 3. The van der Waals surface area contributed by atoms with Crippen LogP contribution < -0.4 is 30.2 Å². The van der Waals surface area contributed by atoms with Crippen LogP contribution in [0.3, 0.4) is 0 Å². The zero-order valence-corrected chi connectivity index (χ0v) is 61.2. The Morgan fingerprint density at radius 3 is 1.26 bits per heavy atom. The first-order chi connectivity index (χ1) is 51.3. The summed E-state index contributed by atoms with van der Waals surface area (Å²) in [5.41, 5.74) is 13.8. The van der Waals surface area contributed by atoms with Gasteiger partial charge in [0, 0.05) is 72.3 Å². The van der Waals surface area contributed by atoms with Gasteiger partial charge in [-0.1, -0.05) is 99.6 Å². The smallest absolute Gasteiger partial charge is 0.255 e. The molecule has 0 bridgehead atoms. The fraction of sp³-hybridized carbons (Fsp3) is 0.471. The van der Waals surface area contributed by atoms with Crippen molar-refractivity contribution in [3.8, 4) is 17.2 Å². The number of nitrogens with zero attached hydrogens (tertiary/aromatic N) is 6. The van der Waals surface area contributed by atoms with Crippen molar-refractivity contribution in [1.82, 2.24) is 45.3 Å². The topological polar surface area (TPSA) is 237 Å². The minimum Gasteiger partial charge on any atom is -0.489 e. The molecule has 9 aliphatic heterocycles. The van der Waals surface area contributed by atoms with Crippen LogP contribution in [0.5, 0.6) is 17.2 Å². The predicted molar refractivity (Wildman–Crippen MR) is 395 cm³/mol. The molecule has 15 rings (SSSR count). The Morgan fingerprint density at radius 1 is 0.425 bits per heavy atom. The van der Waals surface area contributed by atoms with Crippen LogP contribution in [-0.2, 0) is 101 Å². The maximum Gasteiger partial charge on any atom is 0.255 e. The molecule has 9 aliphatic rings. The van der Waals surface area contributed by atoms with Crippen molar-refractivity contribution >= 4 is 53.2 Å². The van der Waals surface area contributed by atoms with Crippen molar-refractivity contribution in [1.29, 1.82) is 0 Å². The molecule has 6 aromatic carbocycles. The van der Waals surface area contributed by atoms with E-state index < -0.39 is 35.8 Å². The first kappa shape index (κ1) is 72.0. The summed E-state index contributed by atoms with van der Waals surface area (Å²) in [6.45, 7) is 17.6. The molecule has 0 spiro atoms. The number of piperidine rings is 6. The lowest BCUT2D eigenvalue weighted by Gasteiger charge is -2.37. The van der Waals surface area contributed by atoms with Crippen molar-refractivity contribution in [2.24, 2.45) is 23.2 Å². The van der Waals surface area contributed by atoms with E-state index in [0.717, 1.165) is 137 Å². The lowest BCUT2D eigenvalue weighted by Crippen LogP contribution is -2.52. The molecular formula is C85H97N9O12. The van der Waals surface area contributed by atoms with Crippen molar-refractivity contribution in [3.05, 3.63) is 193 Å². The molecule has 4 unspecified atom stereocenters. The Bertz CT molecular complexity index is 4410. The van der Waals surface area contributed by atoms with E-state index in [-0.39, 0.29) is 80.8 Å². The van der Waals surface area contributed by atoms with E-state index in [4.69, 9.17) is 14.2 Å². The highest BCUT2D eigenvalue weighted by Gasteiger charge is 2.44. The fourth-order valence-electron chi connectivity index (χ4n) is 17.6. The Labute approximate surface area is 620 Å². The summed E-state index contributed by atoms with van der Waals surface area (Å²) < 4.78 is 19.8. The summed E-state index contributed by atoms with van der Waals surface area (Å²) in [7, 11) is 0. The van der Waals surface area contributed by atoms with Gasteiger partial charge >= 0.3 is 0 Å². The number of rotatable bonds is 24. The SMILES string of the molecule is CC(Cc1cc(CN2CCC(CCc3cc(CN4CCC(C)(C)CC4)ccc3COc3cccc4c3CN(C3CCC(=O)NC3=O)C4=O)CC2)ccc1COc1cccc2c1CN(C1CCC(=O)NC1=O)C2=O)C1CCN(Cc2ccc(COc3cccc4c3CN(C3CCC(=O)NC3=O)C4=O)cc2)CC1. The number of carbonyl (C=O) groups excluding carboxylic acids is 9. The fourth-order valence-corrected chi connectivity index (χ4v) is 17.6. The number of imide groups is 3. The average molecular weight is 1440 g/mol. The van der Waals surface area contributed by atoms with E-state index in [1.807, 2.05) is 30.3 Å². The average Bonchev–Trinajstić information content (AvgIpc) is 1.63. The molecular weight excluding hydrogens is 1340 g/mol. The van der Waals surface area contributed by atoms with Crippen LogP contribution in [0.25, 0.3) is 0 Å². The minimum absolute atomic E-state index is 0.182. The zero-order valence-electron chi connectivity index (χ0n) is 61.2. The van der Waals surface area contributed by atoms with Crippen LogP contribution in [0.1, 0.15) is 197 Å². The van der Waals surface area contributed by atoms with Crippen molar-refractivity contribution in [3.63, 3.8) is 0 Å². The number of nitrogens with one attached hydrogen (secondary N) is 3. The molecule has 6 fully saturated rings. The second-order valence-electron chi connectivity index (χ2n) is 31.9. The largest absolute Gasteiger partial charge is 0.489 e. The molecule has 21 nitrogen and oxygen atoms in total. The van der Waals surface area contributed by atoms with E-state index >= 15 is 0 Å². The lowest BCUT2D eigenvalue weighted by molar-refractivity contribution is -0.138. The number of amides is 9. The molecule has 6 saturated heterocycles. The monoisotopic (exact) mass is 1440 g/mol. The van der Waals surface area contributed by atoms with Crippen LogP contribution in [0.2, 0.25) is 0 Å². The summed E-state index contributed by atoms with van der Waals surface area (Å²) in [5.74, 6) is 0.389. The van der Waals surface area contributed by atoms with Crippen LogP contribution in [0, 0.1) is 23.2 Å². The highest BCUT2D eigenvalue weighted by Crippen LogP contribution is 2.40. The number of hydrogen-bond acceptors (Lipinski definition) is 15. The molecule has 106 heavy (non-hydrogen) atoms. The minimum atomic E-state index is -0.723. The van der Waals surface area contributed by atoms with Gasteiger partial charge < -0.3 is 28.9 Å². The number of carbonyl (C=O) groups is 9. The van der Waals surface area contributed by atoms with Crippen LogP contribution in [0.4, 0.5) is 0 Å². The van der Waals surface area contributed by atoms with Crippen molar-refractivity contribution in [2.45, 2.75) is 194 Å². The number of benzene rings is 6. The molecule has 4 atom stereocenters. The lowest BCUT2D eigenvalue weighted by atomic mass is 9.81.